The Balaban J connectivity index is 4.08. The number of thioether (sulfide) groups is 1. The van der Waals surface area contributed by atoms with Crippen molar-refractivity contribution in [3.8, 4) is 0 Å². The maximum atomic E-state index is 10.9. The van der Waals surface area contributed by atoms with Crippen molar-refractivity contribution in [1.82, 2.24) is 0 Å². The molecule has 0 spiro atoms. The third kappa shape index (κ3) is 5.03. The Labute approximate surface area is 93.1 Å². The number of methoxy groups -OCH3 is 2. The predicted molar refractivity (Wildman–Crippen MR) is 57.0 cm³/mol. The fraction of sp³-hybridized carbons (Fsp3) is 0.778. The molecule has 0 aromatic carbocycles. The number of carbonyl (C=O) groups is 2. The van der Waals surface area contributed by atoms with Crippen LogP contribution in [-0.4, -0.2) is 48.4 Å². The minimum Gasteiger partial charge on any atom is -0.480 e. The van der Waals surface area contributed by atoms with Gasteiger partial charge in [-0.1, -0.05) is 0 Å². The van der Waals surface area contributed by atoms with E-state index in [0.29, 0.717) is 5.75 Å². The quantitative estimate of drug-likeness (QED) is 0.658. The largest absolute Gasteiger partial charge is 0.480 e. The number of aliphatic carboxylic acids is 1. The number of ether oxygens (including phenoxy) is 2. The van der Waals surface area contributed by atoms with Crippen LogP contribution in [0.15, 0.2) is 0 Å². The molecule has 15 heavy (non-hydrogen) atoms. The second-order valence-corrected chi connectivity index (χ2v) is 4.74. The second kappa shape index (κ2) is 6.68. The number of esters is 1. The fourth-order valence-corrected chi connectivity index (χ4v) is 1.95. The molecule has 0 bridgehead atoms. The van der Waals surface area contributed by atoms with E-state index in [4.69, 9.17) is 9.84 Å². The summed E-state index contributed by atoms with van der Waals surface area (Å²) in [5, 5.41) is 8.97. The third-order valence-corrected chi connectivity index (χ3v) is 3.16. The number of carboxylic acids is 1. The molecule has 0 radical (unpaired) electrons. The molecule has 0 rings (SSSR count). The molecule has 0 heterocycles. The Bertz CT molecular complexity index is 231. The van der Waals surface area contributed by atoms with Gasteiger partial charge in [-0.2, -0.15) is 0 Å². The van der Waals surface area contributed by atoms with Crippen molar-refractivity contribution in [2.24, 2.45) is 0 Å². The molecular weight excluding hydrogens is 220 g/mol. The zero-order chi connectivity index (χ0) is 11.9. The number of carbonyl (C=O) groups excluding carboxylic acids is 1. The highest BCUT2D eigenvalue weighted by molar-refractivity contribution is 8.01. The Kier molecular flexibility index (Phi) is 6.35. The number of rotatable bonds is 7. The normalized spacial score (nSPS) is 14.3. The molecule has 1 unspecified atom stereocenters. The lowest BCUT2D eigenvalue weighted by atomic mass is 10.2. The van der Waals surface area contributed by atoms with Crippen LogP contribution < -0.4 is 0 Å². The highest BCUT2D eigenvalue weighted by Crippen LogP contribution is 2.26. The molecule has 0 saturated heterocycles. The van der Waals surface area contributed by atoms with Gasteiger partial charge in [0, 0.05) is 12.9 Å². The van der Waals surface area contributed by atoms with E-state index in [1.54, 1.807) is 6.92 Å². The molecular formula is C9H16O5S. The van der Waals surface area contributed by atoms with Crippen LogP contribution in [0.25, 0.3) is 0 Å². The van der Waals surface area contributed by atoms with E-state index >= 15 is 0 Å². The molecule has 0 aliphatic carbocycles. The maximum Gasteiger partial charge on any atom is 0.321 e. The minimum absolute atomic E-state index is 0.105. The van der Waals surface area contributed by atoms with Crippen LogP contribution in [0.5, 0.6) is 0 Å². The molecule has 6 heteroatoms. The van der Waals surface area contributed by atoms with Gasteiger partial charge in [0.25, 0.3) is 0 Å². The zero-order valence-electron chi connectivity index (χ0n) is 9.11. The molecule has 5 nitrogen and oxygen atoms in total. The van der Waals surface area contributed by atoms with Crippen molar-refractivity contribution < 1.29 is 24.2 Å². The number of carboxylic acid groups (broad SMARTS) is 1. The maximum absolute atomic E-state index is 10.9. The van der Waals surface area contributed by atoms with Gasteiger partial charge in [-0.25, -0.2) is 0 Å². The van der Waals surface area contributed by atoms with Crippen LogP contribution in [0, 0.1) is 0 Å². The average molecular weight is 236 g/mol. The van der Waals surface area contributed by atoms with Gasteiger partial charge < -0.3 is 14.6 Å². The van der Waals surface area contributed by atoms with E-state index in [-0.39, 0.29) is 19.0 Å². The van der Waals surface area contributed by atoms with E-state index in [0.717, 1.165) is 0 Å². The van der Waals surface area contributed by atoms with Crippen molar-refractivity contribution >= 4 is 23.7 Å². The first-order valence-corrected chi connectivity index (χ1v) is 5.38. The fourth-order valence-electron chi connectivity index (χ4n) is 0.902. The van der Waals surface area contributed by atoms with Crippen molar-refractivity contribution in [3.05, 3.63) is 0 Å². The topological polar surface area (TPSA) is 72.8 Å². The van der Waals surface area contributed by atoms with Crippen molar-refractivity contribution in [2.45, 2.75) is 18.1 Å². The first kappa shape index (κ1) is 14.2. The molecule has 0 aliphatic rings. The van der Waals surface area contributed by atoms with E-state index in [2.05, 4.69) is 4.74 Å². The van der Waals surface area contributed by atoms with Crippen molar-refractivity contribution in [2.75, 3.05) is 26.6 Å². The summed E-state index contributed by atoms with van der Waals surface area (Å²) in [6.45, 7) is 1.68. The Morgan fingerprint density at radius 2 is 2.00 bits per heavy atom. The molecule has 1 atom stereocenters. The lowest BCUT2D eigenvalue weighted by Gasteiger charge is -2.22. The van der Waals surface area contributed by atoms with Gasteiger partial charge >= 0.3 is 11.9 Å². The summed E-state index contributed by atoms with van der Waals surface area (Å²) in [6, 6.07) is 0. The first-order chi connectivity index (χ1) is 6.96. The third-order valence-electron chi connectivity index (χ3n) is 1.83. The van der Waals surface area contributed by atoms with Gasteiger partial charge in [0.1, 0.15) is 4.75 Å². The summed E-state index contributed by atoms with van der Waals surface area (Å²) in [5.41, 5.74) is 0. The zero-order valence-corrected chi connectivity index (χ0v) is 9.93. The Hall–Kier alpha value is -0.750. The SMILES string of the molecule is COCC(C)(SCCC(=O)OC)C(=O)O. The monoisotopic (exact) mass is 236 g/mol. The molecule has 0 aliphatic heterocycles. The summed E-state index contributed by atoms with van der Waals surface area (Å²) in [5.74, 6) is -0.884. The standard InChI is InChI=1S/C9H16O5S/c1-9(6-13-2,8(11)12)15-5-4-7(10)14-3/h4-6H2,1-3H3,(H,11,12). The molecule has 0 fully saturated rings. The number of hydrogen-bond donors (Lipinski definition) is 1. The highest BCUT2D eigenvalue weighted by atomic mass is 32.2. The molecule has 1 N–H and O–H groups in total. The Morgan fingerprint density at radius 1 is 1.40 bits per heavy atom. The van der Waals surface area contributed by atoms with Crippen molar-refractivity contribution in [1.29, 1.82) is 0 Å². The van der Waals surface area contributed by atoms with Gasteiger partial charge in [0.2, 0.25) is 0 Å². The van der Waals surface area contributed by atoms with Crippen molar-refractivity contribution in [3.63, 3.8) is 0 Å². The molecule has 0 amide bonds. The van der Waals surface area contributed by atoms with E-state index < -0.39 is 10.7 Å². The van der Waals surface area contributed by atoms with Gasteiger partial charge in [0.05, 0.1) is 20.1 Å². The highest BCUT2D eigenvalue weighted by Gasteiger charge is 2.33. The smallest absolute Gasteiger partial charge is 0.321 e. The summed E-state index contributed by atoms with van der Waals surface area (Å²) in [4.78, 5) is 21.8. The summed E-state index contributed by atoms with van der Waals surface area (Å²) < 4.78 is 8.28. The summed E-state index contributed by atoms with van der Waals surface area (Å²) in [6.07, 6.45) is 0.202. The molecule has 88 valence electrons. The van der Waals surface area contributed by atoms with E-state index in [1.165, 1.54) is 26.0 Å². The number of hydrogen-bond acceptors (Lipinski definition) is 5. The van der Waals surface area contributed by atoms with E-state index in [1.807, 2.05) is 0 Å². The molecule has 0 aromatic rings. The van der Waals surface area contributed by atoms with Gasteiger partial charge in [-0.05, 0) is 6.92 Å². The Morgan fingerprint density at radius 3 is 2.40 bits per heavy atom. The summed E-state index contributed by atoms with van der Waals surface area (Å²) >= 11 is 1.17. The van der Waals surface area contributed by atoms with Gasteiger partial charge in [-0.3, -0.25) is 9.59 Å². The first-order valence-electron chi connectivity index (χ1n) is 4.39. The lowest BCUT2D eigenvalue weighted by molar-refractivity contribution is -0.141. The lowest BCUT2D eigenvalue weighted by Crippen LogP contribution is -2.36. The van der Waals surface area contributed by atoms with Crippen LogP contribution in [0.4, 0.5) is 0 Å². The van der Waals surface area contributed by atoms with Crippen LogP contribution in [0.2, 0.25) is 0 Å². The molecule has 0 aromatic heterocycles. The van der Waals surface area contributed by atoms with E-state index in [9.17, 15) is 9.59 Å². The minimum atomic E-state index is -1.01. The van der Waals surface area contributed by atoms with Crippen LogP contribution in [0.3, 0.4) is 0 Å². The van der Waals surface area contributed by atoms with Gasteiger partial charge in [-0.15, -0.1) is 11.8 Å². The van der Waals surface area contributed by atoms with Crippen LogP contribution >= 0.6 is 11.8 Å². The average Bonchev–Trinajstić information content (AvgIpc) is 2.17. The van der Waals surface area contributed by atoms with Gasteiger partial charge in [0.15, 0.2) is 0 Å². The van der Waals surface area contributed by atoms with Crippen LogP contribution in [-0.2, 0) is 19.1 Å². The molecule has 0 saturated carbocycles. The summed E-state index contributed by atoms with van der Waals surface area (Å²) in [7, 11) is 2.75. The second-order valence-electron chi connectivity index (χ2n) is 3.14. The predicted octanol–water partition coefficient (Wildman–Crippen LogP) is 0.772. The van der Waals surface area contributed by atoms with Crippen LogP contribution in [0.1, 0.15) is 13.3 Å².